The molecule has 1 fully saturated rings. The molecule has 0 aliphatic carbocycles. The number of piperazine rings is 1. The van der Waals surface area contributed by atoms with Crippen LogP contribution in [0.4, 0.5) is 4.39 Å². The number of benzene rings is 1. The van der Waals surface area contributed by atoms with Crippen molar-refractivity contribution in [3.8, 4) is 0 Å². The summed E-state index contributed by atoms with van der Waals surface area (Å²) in [7, 11) is 0. The lowest BCUT2D eigenvalue weighted by atomic mass is 10.1. The molecule has 1 aliphatic heterocycles. The van der Waals surface area contributed by atoms with Crippen LogP contribution in [-0.2, 0) is 17.8 Å². The SMILES string of the molecule is Cc1ccc(CNC(=O)CN2CCN(CCc3cccs3)CC2)cc1F. The number of carbonyl (C=O) groups excluding carboxylic acids is 1. The van der Waals surface area contributed by atoms with Crippen LogP contribution in [0.1, 0.15) is 16.0 Å². The fraction of sp³-hybridized carbons (Fsp3) is 0.450. The number of carbonyl (C=O) groups is 1. The summed E-state index contributed by atoms with van der Waals surface area (Å²) in [5.74, 6) is -0.228. The van der Waals surface area contributed by atoms with Gasteiger partial charge in [0.05, 0.1) is 6.54 Å². The Hall–Kier alpha value is -1.76. The monoisotopic (exact) mass is 375 g/mol. The Bertz CT molecular complexity index is 712. The van der Waals surface area contributed by atoms with Crippen LogP contribution in [0.25, 0.3) is 0 Å². The van der Waals surface area contributed by atoms with Crippen LogP contribution in [0.2, 0.25) is 0 Å². The molecule has 0 radical (unpaired) electrons. The highest BCUT2D eigenvalue weighted by Crippen LogP contribution is 2.11. The van der Waals surface area contributed by atoms with Gasteiger partial charge in [0.25, 0.3) is 0 Å². The van der Waals surface area contributed by atoms with E-state index in [0.29, 0.717) is 18.7 Å². The molecule has 1 amide bonds. The predicted molar refractivity (Wildman–Crippen MR) is 104 cm³/mol. The molecule has 1 aromatic carbocycles. The van der Waals surface area contributed by atoms with Gasteiger partial charge in [-0.2, -0.15) is 0 Å². The predicted octanol–water partition coefficient (Wildman–Crippen LogP) is 2.67. The van der Waals surface area contributed by atoms with Gasteiger partial charge in [-0.25, -0.2) is 4.39 Å². The molecule has 1 saturated heterocycles. The lowest BCUT2D eigenvalue weighted by molar-refractivity contribution is -0.122. The Morgan fingerprint density at radius 3 is 2.65 bits per heavy atom. The second-order valence-corrected chi connectivity index (χ2v) is 7.84. The van der Waals surface area contributed by atoms with E-state index >= 15 is 0 Å². The molecule has 1 aliphatic rings. The minimum Gasteiger partial charge on any atom is -0.351 e. The first-order chi connectivity index (χ1) is 12.6. The summed E-state index contributed by atoms with van der Waals surface area (Å²) >= 11 is 1.81. The number of nitrogens with one attached hydrogen (secondary N) is 1. The van der Waals surface area contributed by atoms with E-state index in [1.807, 2.05) is 17.4 Å². The van der Waals surface area contributed by atoms with Crippen molar-refractivity contribution in [2.45, 2.75) is 19.9 Å². The molecule has 0 bridgehead atoms. The Balaban J connectivity index is 1.34. The first-order valence-corrected chi connectivity index (χ1v) is 9.97. The summed E-state index contributed by atoms with van der Waals surface area (Å²) in [4.78, 5) is 18.2. The molecular formula is C20H26FN3OS. The van der Waals surface area contributed by atoms with Gasteiger partial charge in [0.1, 0.15) is 5.82 Å². The lowest BCUT2D eigenvalue weighted by Gasteiger charge is -2.34. The van der Waals surface area contributed by atoms with Crippen molar-refractivity contribution >= 4 is 17.2 Å². The number of amides is 1. The summed E-state index contributed by atoms with van der Waals surface area (Å²) < 4.78 is 13.5. The van der Waals surface area contributed by atoms with E-state index in [1.54, 1.807) is 13.0 Å². The largest absolute Gasteiger partial charge is 0.351 e. The molecule has 0 saturated carbocycles. The van der Waals surface area contributed by atoms with Gasteiger partial charge in [-0.3, -0.25) is 9.69 Å². The molecule has 4 nitrogen and oxygen atoms in total. The van der Waals surface area contributed by atoms with Gasteiger partial charge in [0.15, 0.2) is 0 Å². The highest BCUT2D eigenvalue weighted by molar-refractivity contribution is 7.09. The van der Waals surface area contributed by atoms with E-state index < -0.39 is 0 Å². The number of hydrogen-bond donors (Lipinski definition) is 1. The van der Waals surface area contributed by atoms with Crippen molar-refractivity contribution in [1.29, 1.82) is 0 Å². The third-order valence-corrected chi connectivity index (χ3v) is 5.75. The lowest BCUT2D eigenvalue weighted by Crippen LogP contribution is -2.49. The summed E-state index contributed by atoms with van der Waals surface area (Å²) in [6.45, 7) is 7.43. The fourth-order valence-electron chi connectivity index (χ4n) is 3.10. The maximum Gasteiger partial charge on any atom is 0.234 e. The highest BCUT2D eigenvalue weighted by atomic mass is 32.1. The number of thiophene rings is 1. The van der Waals surface area contributed by atoms with E-state index in [-0.39, 0.29) is 11.7 Å². The van der Waals surface area contributed by atoms with E-state index in [2.05, 4.69) is 32.6 Å². The van der Waals surface area contributed by atoms with E-state index in [4.69, 9.17) is 0 Å². The second kappa shape index (κ2) is 9.26. The molecule has 0 atom stereocenters. The summed E-state index contributed by atoms with van der Waals surface area (Å²) in [5.41, 5.74) is 1.41. The summed E-state index contributed by atoms with van der Waals surface area (Å²) in [6.07, 6.45) is 1.10. The maximum atomic E-state index is 13.5. The Morgan fingerprint density at radius 1 is 1.19 bits per heavy atom. The Labute approximate surface area is 158 Å². The number of rotatable bonds is 7. The third-order valence-electron chi connectivity index (χ3n) is 4.81. The van der Waals surface area contributed by atoms with Crippen LogP contribution in [0, 0.1) is 12.7 Å². The molecule has 2 aromatic rings. The van der Waals surface area contributed by atoms with Crippen LogP contribution < -0.4 is 5.32 Å². The summed E-state index contributed by atoms with van der Waals surface area (Å²) in [6, 6.07) is 9.37. The molecule has 140 valence electrons. The van der Waals surface area contributed by atoms with Crippen molar-refractivity contribution < 1.29 is 9.18 Å². The normalized spacial score (nSPS) is 15.9. The van der Waals surface area contributed by atoms with Gasteiger partial charge in [-0.05, 0) is 42.0 Å². The quantitative estimate of drug-likeness (QED) is 0.808. The zero-order chi connectivity index (χ0) is 18.4. The standard InChI is InChI=1S/C20H26FN3OS/c1-16-4-5-17(13-19(16)21)14-22-20(25)15-24-10-8-23(9-11-24)7-6-18-3-2-12-26-18/h2-5,12-13H,6-11,14-15H2,1H3,(H,22,25). The highest BCUT2D eigenvalue weighted by Gasteiger charge is 2.18. The molecule has 2 heterocycles. The number of nitrogens with zero attached hydrogens (tertiary/aromatic N) is 2. The first-order valence-electron chi connectivity index (χ1n) is 9.09. The van der Waals surface area contributed by atoms with E-state index in [0.717, 1.165) is 44.7 Å². The Kier molecular flexibility index (Phi) is 6.77. The molecule has 6 heteroatoms. The molecule has 1 N–H and O–H groups in total. The van der Waals surface area contributed by atoms with Crippen LogP contribution >= 0.6 is 11.3 Å². The van der Waals surface area contributed by atoms with Crippen molar-refractivity contribution in [2.24, 2.45) is 0 Å². The number of hydrogen-bond acceptors (Lipinski definition) is 4. The van der Waals surface area contributed by atoms with Gasteiger partial charge >= 0.3 is 0 Å². The zero-order valence-electron chi connectivity index (χ0n) is 15.2. The van der Waals surface area contributed by atoms with Crippen molar-refractivity contribution in [1.82, 2.24) is 15.1 Å². The zero-order valence-corrected chi connectivity index (χ0v) is 16.0. The minimum absolute atomic E-state index is 0.00183. The van der Waals surface area contributed by atoms with E-state index in [1.165, 1.54) is 10.9 Å². The second-order valence-electron chi connectivity index (χ2n) is 6.81. The van der Waals surface area contributed by atoms with Crippen LogP contribution in [-0.4, -0.2) is 55.0 Å². The molecule has 3 rings (SSSR count). The number of halogens is 1. The van der Waals surface area contributed by atoms with Crippen molar-refractivity contribution in [3.63, 3.8) is 0 Å². The van der Waals surface area contributed by atoms with Gasteiger partial charge in [0, 0.05) is 44.1 Å². The minimum atomic E-state index is -0.226. The van der Waals surface area contributed by atoms with Gasteiger partial charge < -0.3 is 10.2 Å². The molecule has 0 unspecified atom stereocenters. The topological polar surface area (TPSA) is 35.6 Å². The van der Waals surface area contributed by atoms with Gasteiger partial charge in [-0.1, -0.05) is 18.2 Å². The molecule has 1 aromatic heterocycles. The van der Waals surface area contributed by atoms with Crippen molar-refractivity contribution in [3.05, 3.63) is 57.5 Å². The van der Waals surface area contributed by atoms with Crippen LogP contribution in [0.5, 0.6) is 0 Å². The van der Waals surface area contributed by atoms with Gasteiger partial charge in [-0.15, -0.1) is 11.3 Å². The van der Waals surface area contributed by atoms with Gasteiger partial charge in [0.2, 0.25) is 5.91 Å². The average Bonchev–Trinajstić information content (AvgIpc) is 3.16. The average molecular weight is 376 g/mol. The smallest absolute Gasteiger partial charge is 0.234 e. The molecule has 0 spiro atoms. The molecular weight excluding hydrogens is 349 g/mol. The third kappa shape index (κ3) is 5.62. The maximum absolute atomic E-state index is 13.5. The Morgan fingerprint density at radius 2 is 1.96 bits per heavy atom. The summed E-state index contributed by atoms with van der Waals surface area (Å²) in [5, 5.41) is 5.01. The number of aryl methyl sites for hydroxylation is 1. The van der Waals surface area contributed by atoms with E-state index in [9.17, 15) is 9.18 Å². The molecule has 26 heavy (non-hydrogen) atoms. The van der Waals surface area contributed by atoms with Crippen LogP contribution in [0.3, 0.4) is 0 Å². The van der Waals surface area contributed by atoms with Crippen LogP contribution in [0.15, 0.2) is 35.7 Å². The fourth-order valence-corrected chi connectivity index (χ4v) is 3.80. The first kappa shape index (κ1) is 19.0. The van der Waals surface area contributed by atoms with Crippen molar-refractivity contribution in [2.75, 3.05) is 39.3 Å².